The van der Waals surface area contributed by atoms with Crippen molar-refractivity contribution in [2.24, 2.45) is 0 Å². The number of aliphatic hydroxyl groups excluding tert-OH is 1. The molecule has 0 saturated carbocycles. The van der Waals surface area contributed by atoms with Crippen LogP contribution in [0.2, 0.25) is 0 Å². The Bertz CT molecular complexity index is 650. The summed E-state index contributed by atoms with van der Waals surface area (Å²) in [5.41, 5.74) is 2.82. The number of hydrogen-bond acceptors (Lipinski definition) is 4. The highest BCUT2D eigenvalue weighted by Gasteiger charge is 2.10. The Balaban J connectivity index is 1.97. The smallest absolute Gasteiger partial charge is 0.262 e. The minimum atomic E-state index is -0.237. The molecule has 5 nitrogen and oxygen atoms in total. The second-order valence-electron chi connectivity index (χ2n) is 5.12. The zero-order valence-electron chi connectivity index (χ0n) is 13.3. The first-order valence-corrected chi connectivity index (χ1v) is 7.43. The Morgan fingerprint density at radius 3 is 2.22 bits per heavy atom. The molecule has 2 aromatic rings. The van der Waals surface area contributed by atoms with E-state index in [0.29, 0.717) is 11.5 Å². The third kappa shape index (κ3) is 4.72. The quantitative estimate of drug-likeness (QED) is 0.824. The molecule has 122 valence electrons. The van der Waals surface area contributed by atoms with Crippen LogP contribution in [0.25, 0.3) is 0 Å². The van der Waals surface area contributed by atoms with Crippen LogP contribution in [0, 0.1) is 13.8 Å². The molecule has 1 amide bonds. The highest BCUT2D eigenvalue weighted by molar-refractivity contribution is 5.93. The largest absolute Gasteiger partial charge is 0.487 e. The lowest BCUT2D eigenvalue weighted by atomic mass is 10.1. The molecule has 0 aromatic heterocycles. The molecule has 0 heterocycles. The van der Waals surface area contributed by atoms with E-state index >= 15 is 0 Å². The van der Waals surface area contributed by atoms with Crippen LogP contribution in [0.3, 0.4) is 0 Å². The maximum atomic E-state index is 12.1. The molecule has 0 atom stereocenters. The van der Waals surface area contributed by atoms with Gasteiger partial charge in [-0.25, -0.2) is 0 Å². The van der Waals surface area contributed by atoms with Gasteiger partial charge in [0, 0.05) is 5.69 Å². The van der Waals surface area contributed by atoms with Crippen molar-refractivity contribution in [1.29, 1.82) is 0 Å². The Hall–Kier alpha value is -2.53. The summed E-state index contributed by atoms with van der Waals surface area (Å²) in [4.78, 5) is 12.1. The number of aliphatic hydroxyl groups is 1. The number of carbonyl (C=O) groups is 1. The molecule has 23 heavy (non-hydrogen) atoms. The monoisotopic (exact) mass is 315 g/mol. The first-order valence-electron chi connectivity index (χ1n) is 7.43. The summed E-state index contributed by atoms with van der Waals surface area (Å²) in [7, 11) is 0. The Kier molecular flexibility index (Phi) is 6.00. The molecule has 0 fully saturated rings. The van der Waals surface area contributed by atoms with Crippen LogP contribution in [0.1, 0.15) is 11.1 Å². The number of amides is 1. The SMILES string of the molecule is Cc1cccc(C)c1NC(=O)COc1ccccc1OCCO. The molecule has 0 aliphatic heterocycles. The van der Waals surface area contributed by atoms with E-state index in [1.807, 2.05) is 32.0 Å². The summed E-state index contributed by atoms with van der Waals surface area (Å²) in [5.74, 6) is 0.735. The topological polar surface area (TPSA) is 67.8 Å². The predicted molar refractivity (Wildman–Crippen MR) is 89.1 cm³/mol. The fourth-order valence-electron chi connectivity index (χ4n) is 2.17. The van der Waals surface area contributed by atoms with Gasteiger partial charge < -0.3 is 19.9 Å². The molecule has 5 heteroatoms. The molecule has 0 aliphatic carbocycles. The molecule has 0 unspecified atom stereocenters. The van der Waals surface area contributed by atoms with Gasteiger partial charge in [-0.3, -0.25) is 4.79 Å². The van der Waals surface area contributed by atoms with Crippen molar-refractivity contribution in [2.75, 3.05) is 25.1 Å². The fourth-order valence-corrected chi connectivity index (χ4v) is 2.17. The maximum absolute atomic E-state index is 12.1. The van der Waals surface area contributed by atoms with Gasteiger partial charge in [-0.05, 0) is 37.1 Å². The minimum Gasteiger partial charge on any atom is -0.487 e. The van der Waals surface area contributed by atoms with Gasteiger partial charge in [0.1, 0.15) is 6.61 Å². The van der Waals surface area contributed by atoms with E-state index in [9.17, 15) is 4.79 Å². The second kappa shape index (κ2) is 8.19. The van der Waals surface area contributed by atoms with Crippen molar-refractivity contribution in [3.63, 3.8) is 0 Å². The van der Waals surface area contributed by atoms with Gasteiger partial charge in [-0.2, -0.15) is 0 Å². The lowest BCUT2D eigenvalue weighted by Gasteiger charge is -2.14. The summed E-state index contributed by atoms with van der Waals surface area (Å²) < 4.78 is 10.9. The maximum Gasteiger partial charge on any atom is 0.262 e. The highest BCUT2D eigenvalue weighted by atomic mass is 16.5. The van der Waals surface area contributed by atoms with Crippen LogP contribution in [-0.2, 0) is 4.79 Å². The Morgan fingerprint density at radius 1 is 1.00 bits per heavy atom. The van der Waals surface area contributed by atoms with E-state index in [0.717, 1.165) is 16.8 Å². The zero-order valence-corrected chi connectivity index (χ0v) is 13.3. The first-order chi connectivity index (χ1) is 11.1. The average Bonchev–Trinajstić information content (AvgIpc) is 2.55. The summed E-state index contributed by atoms with van der Waals surface area (Å²) in [6, 6.07) is 12.9. The Labute approximate surface area is 135 Å². The molecule has 0 aliphatic rings. The minimum absolute atomic E-state index is 0.0820. The number of hydrogen-bond donors (Lipinski definition) is 2. The van der Waals surface area contributed by atoms with Gasteiger partial charge in [-0.1, -0.05) is 30.3 Å². The summed E-state index contributed by atoms with van der Waals surface area (Å²) in [5, 5.41) is 11.7. The molecule has 0 radical (unpaired) electrons. The van der Waals surface area contributed by atoms with E-state index in [1.165, 1.54) is 0 Å². The van der Waals surface area contributed by atoms with Crippen LogP contribution < -0.4 is 14.8 Å². The van der Waals surface area contributed by atoms with E-state index < -0.39 is 0 Å². The van der Waals surface area contributed by atoms with E-state index in [-0.39, 0.29) is 25.7 Å². The average molecular weight is 315 g/mol. The number of anilines is 1. The molecule has 2 aromatic carbocycles. The van der Waals surface area contributed by atoms with Crippen molar-refractivity contribution < 1.29 is 19.4 Å². The summed E-state index contributed by atoms with van der Waals surface area (Å²) in [6.07, 6.45) is 0. The van der Waals surface area contributed by atoms with Crippen LogP contribution in [-0.4, -0.2) is 30.8 Å². The van der Waals surface area contributed by atoms with Gasteiger partial charge >= 0.3 is 0 Å². The molecule has 2 rings (SSSR count). The van der Waals surface area contributed by atoms with E-state index in [2.05, 4.69) is 5.32 Å². The van der Waals surface area contributed by atoms with Crippen LogP contribution >= 0.6 is 0 Å². The van der Waals surface area contributed by atoms with Crippen molar-refractivity contribution in [1.82, 2.24) is 0 Å². The number of nitrogens with one attached hydrogen (secondary N) is 1. The molecule has 2 N–H and O–H groups in total. The molecular weight excluding hydrogens is 294 g/mol. The van der Waals surface area contributed by atoms with Crippen molar-refractivity contribution in [3.8, 4) is 11.5 Å². The second-order valence-corrected chi connectivity index (χ2v) is 5.12. The highest BCUT2D eigenvalue weighted by Crippen LogP contribution is 2.26. The van der Waals surface area contributed by atoms with Gasteiger partial charge in [0.05, 0.1) is 6.61 Å². The number of ether oxygens (including phenoxy) is 2. The lowest BCUT2D eigenvalue weighted by molar-refractivity contribution is -0.118. The summed E-state index contributed by atoms with van der Waals surface area (Å²) in [6.45, 7) is 3.87. The van der Waals surface area contributed by atoms with E-state index in [4.69, 9.17) is 14.6 Å². The fraction of sp³-hybridized carbons (Fsp3) is 0.278. The normalized spacial score (nSPS) is 10.2. The van der Waals surface area contributed by atoms with Crippen molar-refractivity contribution in [2.45, 2.75) is 13.8 Å². The van der Waals surface area contributed by atoms with Crippen molar-refractivity contribution in [3.05, 3.63) is 53.6 Å². The molecule has 0 bridgehead atoms. The third-order valence-electron chi connectivity index (χ3n) is 3.30. The number of aryl methyl sites for hydroxylation is 2. The molecular formula is C18H21NO4. The van der Waals surface area contributed by atoms with Crippen molar-refractivity contribution >= 4 is 11.6 Å². The number of para-hydroxylation sites is 3. The van der Waals surface area contributed by atoms with Gasteiger partial charge in [0.15, 0.2) is 18.1 Å². The predicted octanol–water partition coefficient (Wildman–Crippen LogP) is 2.69. The first kappa shape index (κ1) is 16.8. The zero-order chi connectivity index (χ0) is 16.7. The standard InChI is InChI=1S/C18H21NO4/c1-13-6-5-7-14(2)18(13)19-17(21)12-23-16-9-4-3-8-15(16)22-11-10-20/h3-9,20H,10-12H2,1-2H3,(H,19,21). The number of rotatable bonds is 7. The van der Waals surface area contributed by atoms with Gasteiger partial charge in [0.25, 0.3) is 5.91 Å². The number of carbonyl (C=O) groups excluding carboxylic acids is 1. The van der Waals surface area contributed by atoms with Crippen LogP contribution in [0.4, 0.5) is 5.69 Å². The molecule has 0 spiro atoms. The van der Waals surface area contributed by atoms with Gasteiger partial charge in [-0.15, -0.1) is 0 Å². The van der Waals surface area contributed by atoms with E-state index in [1.54, 1.807) is 24.3 Å². The van der Waals surface area contributed by atoms with Gasteiger partial charge in [0.2, 0.25) is 0 Å². The molecule has 0 saturated heterocycles. The lowest BCUT2D eigenvalue weighted by Crippen LogP contribution is -2.21. The van der Waals surface area contributed by atoms with Crippen LogP contribution in [0.5, 0.6) is 11.5 Å². The number of benzene rings is 2. The third-order valence-corrected chi connectivity index (χ3v) is 3.30. The van der Waals surface area contributed by atoms with Crippen LogP contribution in [0.15, 0.2) is 42.5 Å². The Morgan fingerprint density at radius 2 is 1.61 bits per heavy atom. The summed E-state index contributed by atoms with van der Waals surface area (Å²) >= 11 is 0.